The van der Waals surface area contributed by atoms with Gasteiger partial charge in [-0.3, -0.25) is 0 Å². The number of hydrogen-bond acceptors (Lipinski definition) is 2. The van der Waals surface area contributed by atoms with Gasteiger partial charge >= 0.3 is 0 Å². The summed E-state index contributed by atoms with van der Waals surface area (Å²) < 4.78 is 0. The lowest BCUT2D eigenvalue weighted by molar-refractivity contribution is 1.20. The summed E-state index contributed by atoms with van der Waals surface area (Å²) in [6.07, 6.45) is 0.923. The van der Waals surface area contributed by atoms with E-state index in [9.17, 15) is 0 Å². The number of rotatable bonds is 2. The molecule has 0 amide bonds. The summed E-state index contributed by atoms with van der Waals surface area (Å²) in [7, 11) is 0. The van der Waals surface area contributed by atoms with Gasteiger partial charge < -0.3 is 5.73 Å². The number of nitrogens with two attached hydrogens (primary N) is 1. The Hall–Kier alpha value is -2.87. The molecule has 0 aliphatic rings. The van der Waals surface area contributed by atoms with Gasteiger partial charge in [0.05, 0.1) is 5.52 Å². The molecule has 112 valence electrons. The molecular weight excluding hydrogens is 280 g/mol. The number of anilines is 1. The molecule has 0 bridgehead atoms. The lowest BCUT2D eigenvalue weighted by atomic mass is 9.99. The third-order valence-corrected chi connectivity index (χ3v) is 4.30. The predicted molar refractivity (Wildman–Crippen MR) is 97.6 cm³/mol. The van der Waals surface area contributed by atoms with Crippen molar-refractivity contribution in [2.45, 2.75) is 13.3 Å². The van der Waals surface area contributed by atoms with Crippen LogP contribution in [0.3, 0.4) is 0 Å². The van der Waals surface area contributed by atoms with Crippen molar-refractivity contribution in [3.8, 4) is 0 Å². The topological polar surface area (TPSA) is 38.9 Å². The Morgan fingerprint density at radius 3 is 2.39 bits per heavy atom. The van der Waals surface area contributed by atoms with Crippen molar-refractivity contribution in [1.82, 2.24) is 4.98 Å². The van der Waals surface area contributed by atoms with Crippen molar-refractivity contribution in [2.75, 3.05) is 5.73 Å². The third kappa shape index (κ3) is 2.53. The highest BCUT2D eigenvalue weighted by atomic mass is 14.8. The van der Waals surface area contributed by atoms with Crippen LogP contribution < -0.4 is 5.73 Å². The largest absolute Gasteiger partial charge is 0.383 e. The number of hydrogen-bond donors (Lipinski definition) is 1. The lowest BCUT2D eigenvalue weighted by Gasteiger charge is -2.09. The summed E-state index contributed by atoms with van der Waals surface area (Å²) in [5.41, 5.74) is 10.9. The normalized spacial score (nSPS) is 11.2. The number of pyridine rings is 1. The molecule has 3 aromatic carbocycles. The molecule has 2 N–H and O–H groups in total. The molecule has 0 spiro atoms. The Bertz CT molecular complexity index is 1000. The van der Waals surface area contributed by atoms with E-state index in [1.165, 1.54) is 22.1 Å². The first-order chi connectivity index (χ1) is 11.2. The van der Waals surface area contributed by atoms with Gasteiger partial charge in [-0.05, 0) is 41.5 Å². The highest BCUT2D eigenvalue weighted by Gasteiger charge is 2.07. The van der Waals surface area contributed by atoms with Gasteiger partial charge in [0, 0.05) is 10.8 Å². The van der Waals surface area contributed by atoms with Crippen LogP contribution in [0.25, 0.3) is 21.7 Å². The molecule has 2 heteroatoms. The van der Waals surface area contributed by atoms with E-state index < -0.39 is 0 Å². The van der Waals surface area contributed by atoms with E-state index in [0.29, 0.717) is 5.82 Å². The zero-order chi connectivity index (χ0) is 15.8. The van der Waals surface area contributed by atoms with Gasteiger partial charge in [0.25, 0.3) is 0 Å². The number of fused-ring (bicyclic) bond motifs is 3. The first-order valence-electron chi connectivity index (χ1n) is 7.83. The van der Waals surface area contributed by atoms with Crippen molar-refractivity contribution < 1.29 is 0 Å². The monoisotopic (exact) mass is 298 g/mol. The van der Waals surface area contributed by atoms with Crippen LogP contribution in [0, 0.1) is 6.92 Å². The first kappa shape index (κ1) is 13.8. The van der Waals surface area contributed by atoms with E-state index in [-0.39, 0.29) is 0 Å². The van der Waals surface area contributed by atoms with Crippen LogP contribution in [0.2, 0.25) is 0 Å². The van der Waals surface area contributed by atoms with Gasteiger partial charge in [0.2, 0.25) is 0 Å². The Morgan fingerprint density at radius 2 is 1.57 bits per heavy atom. The van der Waals surface area contributed by atoms with E-state index in [4.69, 9.17) is 5.73 Å². The van der Waals surface area contributed by atoms with Crippen molar-refractivity contribution in [3.05, 3.63) is 83.4 Å². The lowest BCUT2D eigenvalue weighted by Crippen LogP contribution is -1.95. The molecule has 4 rings (SSSR count). The molecule has 1 aromatic heterocycles. The van der Waals surface area contributed by atoms with Crippen LogP contribution in [0.4, 0.5) is 5.82 Å². The molecule has 0 radical (unpaired) electrons. The van der Waals surface area contributed by atoms with Gasteiger partial charge in [-0.1, -0.05) is 60.7 Å². The van der Waals surface area contributed by atoms with Crippen molar-refractivity contribution >= 4 is 27.5 Å². The summed E-state index contributed by atoms with van der Waals surface area (Å²) in [5, 5.41) is 3.37. The minimum Gasteiger partial charge on any atom is -0.383 e. The molecule has 0 saturated heterocycles. The fourth-order valence-corrected chi connectivity index (χ4v) is 3.13. The summed E-state index contributed by atoms with van der Waals surface area (Å²) in [6, 6.07) is 23.4. The molecule has 4 aromatic rings. The Labute approximate surface area is 135 Å². The number of nitrogen functional groups attached to an aromatic ring is 1. The highest BCUT2D eigenvalue weighted by molar-refractivity contribution is 6.10. The number of aryl methyl sites for hydroxylation is 1. The quantitative estimate of drug-likeness (QED) is 0.536. The zero-order valence-corrected chi connectivity index (χ0v) is 13.1. The second-order valence-corrected chi connectivity index (χ2v) is 6.06. The fraction of sp³-hybridized carbons (Fsp3) is 0.0952. The van der Waals surface area contributed by atoms with E-state index in [1.807, 2.05) is 6.07 Å². The van der Waals surface area contributed by atoms with Gasteiger partial charge in [0.1, 0.15) is 5.82 Å². The molecule has 1 heterocycles. The maximum absolute atomic E-state index is 6.16. The summed E-state index contributed by atoms with van der Waals surface area (Å²) in [6.45, 7) is 2.08. The number of aromatic nitrogens is 1. The predicted octanol–water partition coefficient (Wildman–Crippen LogP) is 4.87. The number of nitrogens with zero attached hydrogens (tertiary/aromatic N) is 1. The smallest absolute Gasteiger partial charge is 0.131 e. The minimum absolute atomic E-state index is 0.601. The van der Waals surface area contributed by atoms with E-state index in [1.54, 1.807) is 0 Å². The van der Waals surface area contributed by atoms with Crippen molar-refractivity contribution in [2.24, 2.45) is 0 Å². The Morgan fingerprint density at radius 1 is 0.783 bits per heavy atom. The van der Waals surface area contributed by atoms with Crippen LogP contribution in [-0.2, 0) is 6.42 Å². The maximum Gasteiger partial charge on any atom is 0.131 e. The van der Waals surface area contributed by atoms with Crippen LogP contribution in [-0.4, -0.2) is 4.98 Å². The van der Waals surface area contributed by atoms with Crippen molar-refractivity contribution in [1.29, 1.82) is 0 Å². The average molecular weight is 298 g/mol. The Balaban J connectivity index is 1.91. The van der Waals surface area contributed by atoms with Crippen LogP contribution in [0.1, 0.15) is 16.7 Å². The second kappa shape index (κ2) is 5.40. The molecule has 0 atom stereocenters. The molecule has 0 aliphatic carbocycles. The molecule has 0 saturated carbocycles. The summed E-state index contributed by atoms with van der Waals surface area (Å²) in [5.74, 6) is 0.601. The second-order valence-electron chi connectivity index (χ2n) is 6.06. The molecule has 0 fully saturated rings. The molecule has 0 aliphatic heterocycles. The zero-order valence-electron chi connectivity index (χ0n) is 13.1. The van der Waals surface area contributed by atoms with Gasteiger partial charge in [-0.25, -0.2) is 4.98 Å². The van der Waals surface area contributed by atoms with E-state index >= 15 is 0 Å². The molecule has 0 unspecified atom stereocenters. The van der Waals surface area contributed by atoms with Crippen LogP contribution in [0.15, 0.2) is 66.7 Å². The molecule has 2 nitrogen and oxygen atoms in total. The molecular formula is C21H18N2. The molecule has 23 heavy (non-hydrogen) atoms. The first-order valence-corrected chi connectivity index (χ1v) is 7.83. The maximum atomic E-state index is 6.16. The van der Waals surface area contributed by atoms with Crippen molar-refractivity contribution in [3.63, 3.8) is 0 Å². The minimum atomic E-state index is 0.601. The summed E-state index contributed by atoms with van der Waals surface area (Å²) >= 11 is 0. The third-order valence-electron chi connectivity index (χ3n) is 4.30. The summed E-state index contributed by atoms with van der Waals surface area (Å²) in [4.78, 5) is 4.56. The average Bonchev–Trinajstić information content (AvgIpc) is 2.55. The van der Waals surface area contributed by atoms with Gasteiger partial charge in [-0.15, -0.1) is 0 Å². The Kier molecular flexibility index (Phi) is 3.23. The fourth-order valence-electron chi connectivity index (χ4n) is 3.13. The van der Waals surface area contributed by atoms with Crippen LogP contribution in [0.5, 0.6) is 0 Å². The SMILES string of the molecule is Cc1ccc2c(c1)nc(N)c1ccc(Cc3ccccc3)cc12. The van der Waals surface area contributed by atoms with E-state index in [2.05, 4.69) is 72.6 Å². The highest BCUT2D eigenvalue weighted by Crippen LogP contribution is 2.29. The van der Waals surface area contributed by atoms with Gasteiger partial charge in [-0.2, -0.15) is 0 Å². The van der Waals surface area contributed by atoms with Gasteiger partial charge in [0.15, 0.2) is 0 Å². The standard InChI is InChI=1S/C21H18N2/c1-14-7-9-17-19-13-16(12-15-5-3-2-4-6-15)8-10-18(19)21(22)23-20(17)11-14/h2-11,13H,12H2,1H3,(H2,22,23). The number of benzene rings is 3. The van der Waals surface area contributed by atoms with Crippen LogP contribution >= 0.6 is 0 Å². The van der Waals surface area contributed by atoms with E-state index in [0.717, 1.165) is 22.7 Å².